The van der Waals surface area contributed by atoms with Crippen LogP contribution in [0.4, 0.5) is 0 Å². The number of rotatable bonds is 5. The highest BCUT2D eigenvalue weighted by Crippen LogP contribution is 2.16. The SMILES string of the molecule is OCC(O)C(O)CO.Oc1ccc(Cc2ccc(O)cc2)cc1. The highest BCUT2D eigenvalue weighted by molar-refractivity contribution is 5.32. The molecule has 126 valence electrons. The Morgan fingerprint density at radius 1 is 0.609 bits per heavy atom. The minimum Gasteiger partial charge on any atom is -0.508 e. The molecule has 0 heterocycles. The molecule has 0 aliphatic rings. The van der Waals surface area contributed by atoms with Crippen molar-refractivity contribution in [1.29, 1.82) is 0 Å². The second kappa shape index (κ2) is 9.81. The van der Waals surface area contributed by atoms with E-state index in [1.165, 1.54) is 0 Å². The number of phenols is 2. The fourth-order valence-corrected chi connectivity index (χ4v) is 1.71. The molecule has 0 radical (unpaired) electrons. The Hall–Kier alpha value is -2.12. The largest absolute Gasteiger partial charge is 0.508 e. The summed E-state index contributed by atoms with van der Waals surface area (Å²) in [5.41, 5.74) is 2.27. The van der Waals surface area contributed by atoms with E-state index in [-0.39, 0.29) is 11.5 Å². The number of phenolic OH excluding ortho intramolecular Hbond substituents is 2. The molecule has 0 spiro atoms. The molecule has 0 aliphatic carbocycles. The predicted octanol–water partition coefficient (Wildman–Crippen LogP) is 0.381. The Balaban J connectivity index is 0.000000284. The van der Waals surface area contributed by atoms with Crippen LogP contribution in [0.5, 0.6) is 11.5 Å². The van der Waals surface area contributed by atoms with Crippen molar-refractivity contribution in [2.24, 2.45) is 0 Å². The summed E-state index contributed by atoms with van der Waals surface area (Å²) in [6, 6.07) is 14.3. The van der Waals surface area contributed by atoms with Crippen LogP contribution in [-0.2, 0) is 6.42 Å². The second-order valence-electron chi connectivity index (χ2n) is 5.01. The van der Waals surface area contributed by atoms with Gasteiger partial charge in [-0.3, -0.25) is 0 Å². The third-order valence-corrected chi connectivity index (χ3v) is 3.10. The zero-order valence-corrected chi connectivity index (χ0v) is 12.6. The number of hydrogen-bond acceptors (Lipinski definition) is 6. The molecular weight excluding hydrogens is 300 g/mol. The molecule has 2 aromatic carbocycles. The van der Waals surface area contributed by atoms with Crippen molar-refractivity contribution in [3.63, 3.8) is 0 Å². The van der Waals surface area contributed by atoms with Crippen LogP contribution in [0, 0.1) is 0 Å². The number of hydrogen-bond donors (Lipinski definition) is 6. The average molecular weight is 322 g/mol. The summed E-state index contributed by atoms with van der Waals surface area (Å²) in [6.45, 7) is -1.05. The van der Waals surface area contributed by atoms with Gasteiger partial charge in [0, 0.05) is 0 Å². The Labute approximate surface area is 134 Å². The van der Waals surface area contributed by atoms with Crippen molar-refractivity contribution in [2.75, 3.05) is 13.2 Å². The van der Waals surface area contributed by atoms with E-state index in [0.717, 1.165) is 17.5 Å². The summed E-state index contributed by atoms with van der Waals surface area (Å²) in [5, 5.41) is 51.4. The van der Waals surface area contributed by atoms with Crippen LogP contribution in [0.1, 0.15) is 11.1 Å². The molecule has 0 bridgehead atoms. The lowest BCUT2D eigenvalue weighted by Gasteiger charge is -2.10. The normalized spacial score (nSPS) is 12.9. The smallest absolute Gasteiger partial charge is 0.115 e. The average Bonchev–Trinajstić information content (AvgIpc) is 2.58. The zero-order chi connectivity index (χ0) is 17.2. The van der Waals surface area contributed by atoms with Crippen molar-refractivity contribution >= 4 is 0 Å². The van der Waals surface area contributed by atoms with Gasteiger partial charge in [-0.2, -0.15) is 0 Å². The van der Waals surface area contributed by atoms with Crippen LogP contribution in [0.15, 0.2) is 48.5 Å². The van der Waals surface area contributed by atoms with E-state index < -0.39 is 25.4 Å². The summed E-state index contributed by atoms with van der Waals surface area (Å²) < 4.78 is 0. The highest BCUT2D eigenvalue weighted by Gasteiger charge is 2.12. The van der Waals surface area contributed by atoms with Crippen molar-refractivity contribution in [3.05, 3.63) is 59.7 Å². The first-order chi connectivity index (χ1) is 11.0. The summed E-state index contributed by atoms with van der Waals surface area (Å²) in [4.78, 5) is 0. The number of aromatic hydroxyl groups is 2. The van der Waals surface area contributed by atoms with Gasteiger partial charge in [0.2, 0.25) is 0 Å². The molecule has 6 heteroatoms. The van der Waals surface area contributed by atoms with Crippen molar-refractivity contribution in [1.82, 2.24) is 0 Å². The maximum absolute atomic E-state index is 9.13. The molecule has 0 saturated carbocycles. The lowest BCUT2D eigenvalue weighted by molar-refractivity contribution is -0.0388. The standard InChI is InChI=1S/C13H12O2.C4H10O4/c14-12-5-1-10(2-6-12)9-11-3-7-13(15)8-4-11;5-1-3(7)4(8)2-6/h1-8,14-15H,9H2;3-8H,1-2H2. The first kappa shape index (κ1) is 18.9. The molecule has 0 fully saturated rings. The number of aliphatic hydroxyl groups excluding tert-OH is 4. The molecule has 6 nitrogen and oxygen atoms in total. The summed E-state index contributed by atoms with van der Waals surface area (Å²) in [6.07, 6.45) is -1.64. The van der Waals surface area contributed by atoms with Crippen molar-refractivity contribution in [3.8, 4) is 11.5 Å². The molecule has 2 atom stereocenters. The Morgan fingerprint density at radius 2 is 0.913 bits per heavy atom. The number of aliphatic hydroxyl groups is 4. The molecule has 0 aliphatic heterocycles. The second-order valence-corrected chi connectivity index (χ2v) is 5.01. The number of benzene rings is 2. The van der Waals surface area contributed by atoms with Crippen molar-refractivity contribution < 1.29 is 30.6 Å². The van der Waals surface area contributed by atoms with Gasteiger partial charge in [-0.25, -0.2) is 0 Å². The summed E-state index contributed by atoms with van der Waals surface area (Å²) >= 11 is 0. The van der Waals surface area contributed by atoms with E-state index in [4.69, 9.17) is 30.6 Å². The van der Waals surface area contributed by atoms with E-state index in [0.29, 0.717) is 0 Å². The molecule has 2 aromatic rings. The van der Waals surface area contributed by atoms with Crippen LogP contribution in [0.2, 0.25) is 0 Å². The third-order valence-electron chi connectivity index (χ3n) is 3.10. The van der Waals surface area contributed by atoms with Crippen LogP contribution in [0.3, 0.4) is 0 Å². The summed E-state index contributed by atoms with van der Waals surface area (Å²) in [5.74, 6) is 0.564. The van der Waals surface area contributed by atoms with Gasteiger partial charge >= 0.3 is 0 Å². The van der Waals surface area contributed by atoms with Crippen molar-refractivity contribution in [2.45, 2.75) is 18.6 Å². The van der Waals surface area contributed by atoms with E-state index >= 15 is 0 Å². The molecule has 0 saturated heterocycles. The monoisotopic (exact) mass is 322 g/mol. The van der Waals surface area contributed by atoms with Gasteiger partial charge in [0.05, 0.1) is 13.2 Å². The third kappa shape index (κ3) is 7.12. The van der Waals surface area contributed by atoms with Crippen LogP contribution in [-0.4, -0.2) is 56.1 Å². The summed E-state index contributed by atoms with van der Waals surface area (Å²) in [7, 11) is 0. The maximum Gasteiger partial charge on any atom is 0.115 e. The molecule has 0 aromatic heterocycles. The van der Waals surface area contributed by atoms with Gasteiger partial charge in [0.1, 0.15) is 23.7 Å². The van der Waals surface area contributed by atoms with Crippen LogP contribution >= 0.6 is 0 Å². The molecular formula is C17H22O6. The van der Waals surface area contributed by atoms with Gasteiger partial charge in [0.25, 0.3) is 0 Å². The van der Waals surface area contributed by atoms with E-state index in [2.05, 4.69) is 0 Å². The lowest BCUT2D eigenvalue weighted by atomic mass is 10.1. The predicted molar refractivity (Wildman–Crippen MR) is 85.2 cm³/mol. The Bertz CT molecular complexity index is 501. The van der Waals surface area contributed by atoms with E-state index in [9.17, 15) is 0 Å². The fourth-order valence-electron chi connectivity index (χ4n) is 1.71. The maximum atomic E-state index is 9.13. The molecule has 23 heavy (non-hydrogen) atoms. The van der Waals surface area contributed by atoms with Gasteiger partial charge < -0.3 is 30.6 Å². The van der Waals surface area contributed by atoms with E-state index in [1.807, 2.05) is 24.3 Å². The van der Waals surface area contributed by atoms with Gasteiger partial charge in [0.15, 0.2) is 0 Å². The first-order valence-corrected chi connectivity index (χ1v) is 7.10. The van der Waals surface area contributed by atoms with E-state index in [1.54, 1.807) is 24.3 Å². The zero-order valence-electron chi connectivity index (χ0n) is 12.6. The van der Waals surface area contributed by atoms with Gasteiger partial charge in [-0.1, -0.05) is 24.3 Å². The topological polar surface area (TPSA) is 121 Å². The molecule has 2 rings (SSSR count). The van der Waals surface area contributed by atoms with Gasteiger partial charge in [-0.05, 0) is 41.8 Å². The lowest BCUT2D eigenvalue weighted by Crippen LogP contribution is -2.31. The molecule has 2 unspecified atom stereocenters. The highest BCUT2D eigenvalue weighted by atomic mass is 16.4. The quantitative estimate of drug-likeness (QED) is 0.473. The molecule has 0 amide bonds. The first-order valence-electron chi connectivity index (χ1n) is 7.10. The fraction of sp³-hybridized carbons (Fsp3) is 0.294. The van der Waals surface area contributed by atoms with Gasteiger partial charge in [-0.15, -0.1) is 0 Å². The Morgan fingerprint density at radius 3 is 1.17 bits per heavy atom. The Kier molecular flexibility index (Phi) is 8.07. The van der Waals surface area contributed by atoms with Crippen LogP contribution < -0.4 is 0 Å². The van der Waals surface area contributed by atoms with Crippen LogP contribution in [0.25, 0.3) is 0 Å². The minimum atomic E-state index is -1.22. The molecule has 6 N–H and O–H groups in total. The minimum absolute atomic E-state index is 0.282.